The molecular weight excluding hydrogens is 591 g/mol. The Labute approximate surface area is 239 Å². The first kappa shape index (κ1) is 31.0. The van der Waals surface area contributed by atoms with E-state index < -0.39 is 42.0 Å². The summed E-state index contributed by atoms with van der Waals surface area (Å²) in [5.41, 5.74) is 5.81. The van der Waals surface area contributed by atoms with Crippen molar-refractivity contribution in [1.29, 1.82) is 0 Å². The lowest BCUT2D eigenvalue weighted by Crippen LogP contribution is -2.38. The molecule has 1 aliphatic carbocycles. The second-order valence-electron chi connectivity index (χ2n) is 9.30. The molecule has 1 aliphatic rings. The van der Waals surface area contributed by atoms with Crippen LogP contribution < -0.4 is 21.1 Å². The molecule has 1 saturated carbocycles. The molecule has 1 aromatic heterocycles. The minimum Gasteiger partial charge on any atom is -0.461 e. The Balaban J connectivity index is 1.65. The number of benzene rings is 1. The quantitative estimate of drug-likeness (QED) is 0.132. The Hall–Kier alpha value is -3.58. The number of aromatic nitrogens is 1. The zero-order chi connectivity index (χ0) is 29.4. The summed E-state index contributed by atoms with van der Waals surface area (Å²) in [6.45, 7) is 4.74. The highest BCUT2D eigenvalue weighted by Gasteiger charge is 2.44. The molecule has 1 fully saturated rings. The predicted molar refractivity (Wildman–Crippen MR) is 147 cm³/mol. The summed E-state index contributed by atoms with van der Waals surface area (Å²) in [5.74, 6) is -2.28. The summed E-state index contributed by atoms with van der Waals surface area (Å²) >= 11 is 3.26. The molecule has 0 spiro atoms. The minimum absolute atomic E-state index is 0.0102. The number of anilines is 1. The lowest BCUT2D eigenvalue weighted by Gasteiger charge is -2.17. The largest absolute Gasteiger partial charge is 0.514 e. The molecule has 0 aliphatic heterocycles. The van der Waals surface area contributed by atoms with Crippen molar-refractivity contribution in [3.05, 3.63) is 51.9 Å². The number of ketones is 1. The number of nitrogens with one attached hydrogen (secondary N) is 2. The van der Waals surface area contributed by atoms with Crippen LogP contribution in [-0.2, 0) is 14.3 Å². The number of rotatable bonds is 12. The van der Waals surface area contributed by atoms with E-state index in [4.69, 9.17) is 19.9 Å². The van der Waals surface area contributed by atoms with Crippen LogP contribution in [-0.4, -0.2) is 54.2 Å². The fourth-order valence-electron chi connectivity index (χ4n) is 3.85. The number of urea groups is 1. The Bertz CT molecular complexity index is 1240. The first-order valence-electron chi connectivity index (χ1n) is 12.9. The molecule has 0 radical (unpaired) electrons. The summed E-state index contributed by atoms with van der Waals surface area (Å²) in [6.07, 6.45) is 1.44. The summed E-state index contributed by atoms with van der Waals surface area (Å²) < 4.78 is 31.1. The zero-order valence-corrected chi connectivity index (χ0v) is 24.0. The van der Waals surface area contributed by atoms with Crippen LogP contribution >= 0.6 is 15.9 Å². The highest BCUT2D eigenvalue weighted by Crippen LogP contribution is 2.47. The van der Waals surface area contributed by atoms with Crippen LogP contribution in [0, 0.1) is 11.7 Å². The van der Waals surface area contributed by atoms with E-state index in [0.29, 0.717) is 18.7 Å². The maximum atomic E-state index is 15.0. The molecule has 2 amide bonds. The fourth-order valence-corrected chi connectivity index (χ4v) is 4.08. The predicted octanol–water partition coefficient (Wildman–Crippen LogP) is 4.69. The van der Waals surface area contributed by atoms with E-state index in [0.717, 1.165) is 10.5 Å². The molecule has 13 heteroatoms. The van der Waals surface area contributed by atoms with Crippen LogP contribution in [0.3, 0.4) is 0 Å². The number of carbonyl (C=O) groups is 4. The summed E-state index contributed by atoms with van der Waals surface area (Å²) in [5, 5.41) is 5.31. The summed E-state index contributed by atoms with van der Waals surface area (Å²) in [4.78, 5) is 53.5. The third kappa shape index (κ3) is 8.21. The van der Waals surface area contributed by atoms with Gasteiger partial charge in [-0.05, 0) is 52.5 Å². The number of ether oxygens (including phenoxy) is 3. The van der Waals surface area contributed by atoms with Crippen molar-refractivity contribution in [3.63, 3.8) is 0 Å². The van der Waals surface area contributed by atoms with E-state index in [9.17, 15) is 19.2 Å². The SMILES string of the molecule is CCC(=O)c1ccc(F)c([C@@H]2C[C@@H]2NC(=O)Nc2ccc(Br)cn2)c1OC(=O)OCCOC(=O)C(N)C(C)CC. The lowest BCUT2D eigenvalue weighted by atomic mass is 10.00. The van der Waals surface area contributed by atoms with Gasteiger partial charge in [0.2, 0.25) is 0 Å². The molecule has 4 atom stereocenters. The van der Waals surface area contributed by atoms with E-state index in [1.165, 1.54) is 12.3 Å². The average molecular weight is 623 g/mol. The number of Topliss-reactive ketones (excluding diaryl/α,β-unsaturated/α-hetero) is 1. The van der Waals surface area contributed by atoms with Crippen LogP contribution in [0.2, 0.25) is 0 Å². The second kappa shape index (κ2) is 14.2. The van der Waals surface area contributed by atoms with Gasteiger partial charge in [-0.2, -0.15) is 0 Å². The molecular formula is C27H32BrFN4O7. The van der Waals surface area contributed by atoms with E-state index >= 15 is 4.39 Å². The van der Waals surface area contributed by atoms with Gasteiger partial charge >= 0.3 is 18.2 Å². The first-order chi connectivity index (χ1) is 19.0. The van der Waals surface area contributed by atoms with E-state index in [1.807, 2.05) is 13.8 Å². The maximum absolute atomic E-state index is 15.0. The third-order valence-corrected chi connectivity index (χ3v) is 6.94. The molecule has 3 rings (SSSR count). The number of pyridine rings is 1. The lowest BCUT2D eigenvalue weighted by molar-refractivity contribution is -0.147. The fraction of sp³-hybridized carbons (Fsp3) is 0.444. The van der Waals surface area contributed by atoms with Crippen molar-refractivity contribution in [2.24, 2.45) is 11.7 Å². The number of hydrogen-bond donors (Lipinski definition) is 3. The van der Waals surface area contributed by atoms with E-state index in [-0.39, 0.29) is 48.2 Å². The van der Waals surface area contributed by atoms with Gasteiger partial charge in [0.15, 0.2) is 11.5 Å². The number of nitrogens with two attached hydrogens (primary N) is 1. The molecule has 0 bridgehead atoms. The number of nitrogens with zero attached hydrogens (tertiary/aromatic N) is 1. The molecule has 11 nitrogen and oxygen atoms in total. The van der Waals surface area contributed by atoms with Gasteiger partial charge in [0, 0.05) is 34.6 Å². The monoisotopic (exact) mass is 622 g/mol. The average Bonchev–Trinajstić information content (AvgIpc) is 3.68. The van der Waals surface area contributed by atoms with Gasteiger partial charge in [0.25, 0.3) is 0 Å². The van der Waals surface area contributed by atoms with Crippen molar-refractivity contribution in [2.45, 2.75) is 58.0 Å². The standard InChI is InChI=1S/C27H32BrFN4O7/c1-4-14(3)23(30)25(35)38-10-11-39-27(37)40-24-16(20(34)5-2)7-8-18(29)22(24)17-12-19(17)32-26(36)33-21-9-6-15(28)13-31-21/h6-9,13-14,17,19,23H,4-5,10-12,30H2,1-3H3,(H2,31,32,33,36)/t14?,17-,19+,23?/m1/s1. The van der Waals surface area contributed by atoms with Crippen molar-refractivity contribution in [3.8, 4) is 5.75 Å². The Kier molecular flexibility index (Phi) is 11.0. The third-order valence-electron chi connectivity index (χ3n) is 6.47. The molecule has 1 heterocycles. The van der Waals surface area contributed by atoms with Crippen LogP contribution in [0.15, 0.2) is 34.9 Å². The Morgan fingerprint density at radius 3 is 2.52 bits per heavy atom. The van der Waals surface area contributed by atoms with E-state index in [2.05, 4.69) is 31.5 Å². The van der Waals surface area contributed by atoms with Crippen molar-refractivity contribution >= 4 is 45.7 Å². The molecule has 216 valence electrons. The Morgan fingerprint density at radius 1 is 1.15 bits per heavy atom. The van der Waals surface area contributed by atoms with Crippen molar-refractivity contribution in [2.75, 3.05) is 18.5 Å². The van der Waals surface area contributed by atoms with Crippen LogP contribution in [0.5, 0.6) is 5.75 Å². The van der Waals surface area contributed by atoms with Crippen LogP contribution in [0.4, 0.5) is 19.8 Å². The molecule has 2 aromatic rings. The summed E-state index contributed by atoms with van der Waals surface area (Å²) in [7, 11) is 0. The minimum atomic E-state index is -1.21. The van der Waals surface area contributed by atoms with Gasteiger partial charge in [-0.25, -0.2) is 19.0 Å². The van der Waals surface area contributed by atoms with Gasteiger partial charge in [-0.15, -0.1) is 0 Å². The molecule has 2 unspecified atom stereocenters. The number of halogens is 2. The van der Waals surface area contributed by atoms with Gasteiger partial charge in [-0.1, -0.05) is 27.2 Å². The number of hydrogen-bond acceptors (Lipinski definition) is 9. The number of esters is 1. The van der Waals surface area contributed by atoms with Gasteiger partial charge in [0.1, 0.15) is 30.9 Å². The van der Waals surface area contributed by atoms with E-state index in [1.54, 1.807) is 19.1 Å². The smallest absolute Gasteiger partial charge is 0.461 e. The highest BCUT2D eigenvalue weighted by molar-refractivity contribution is 9.10. The first-order valence-corrected chi connectivity index (χ1v) is 13.7. The van der Waals surface area contributed by atoms with Gasteiger partial charge in [-0.3, -0.25) is 14.9 Å². The summed E-state index contributed by atoms with van der Waals surface area (Å²) in [6, 6.07) is 3.84. The zero-order valence-electron chi connectivity index (χ0n) is 22.4. The topological polar surface area (TPSA) is 159 Å². The van der Waals surface area contributed by atoms with Crippen molar-refractivity contribution in [1.82, 2.24) is 10.3 Å². The molecule has 4 N–H and O–H groups in total. The van der Waals surface area contributed by atoms with Gasteiger partial charge in [0.05, 0.1) is 5.56 Å². The molecule has 1 aromatic carbocycles. The number of carbonyl (C=O) groups excluding carboxylic acids is 4. The highest BCUT2D eigenvalue weighted by atomic mass is 79.9. The second-order valence-corrected chi connectivity index (χ2v) is 10.2. The normalized spacial score (nSPS) is 17.2. The van der Waals surface area contributed by atoms with Crippen molar-refractivity contribution < 1.29 is 37.8 Å². The Morgan fingerprint density at radius 2 is 1.88 bits per heavy atom. The molecule has 0 saturated heterocycles. The maximum Gasteiger partial charge on any atom is 0.514 e. The molecule has 40 heavy (non-hydrogen) atoms. The van der Waals surface area contributed by atoms with Crippen LogP contribution in [0.1, 0.15) is 61.9 Å². The number of amides is 2. The van der Waals surface area contributed by atoms with Gasteiger partial charge < -0.3 is 25.3 Å². The van der Waals surface area contributed by atoms with Crippen LogP contribution in [0.25, 0.3) is 0 Å².